The average Bonchev–Trinajstić information content (AvgIpc) is 2.46. The Morgan fingerprint density at radius 2 is 1.90 bits per heavy atom. The summed E-state index contributed by atoms with van der Waals surface area (Å²) in [6.07, 6.45) is 7.35. The zero-order valence-corrected chi connectivity index (χ0v) is 12.6. The lowest BCUT2D eigenvalue weighted by Gasteiger charge is -2.08. The zero-order chi connectivity index (χ0) is 14.6. The normalized spacial score (nSPS) is 10.1. The van der Waals surface area contributed by atoms with Crippen LogP contribution in [0.3, 0.4) is 0 Å². The molecule has 0 saturated heterocycles. The monoisotopic (exact) mass is 278 g/mol. The lowest BCUT2D eigenvalue weighted by atomic mass is 10.1. The summed E-state index contributed by atoms with van der Waals surface area (Å²) in [7, 11) is 1.61. The van der Waals surface area contributed by atoms with Crippen LogP contribution >= 0.6 is 0 Å². The van der Waals surface area contributed by atoms with Crippen molar-refractivity contribution in [1.82, 2.24) is 5.32 Å². The van der Waals surface area contributed by atoms with Crippen molar-refractivity contribution in [2.75, 3.05) is 19.0 Å². The Hall–Kier alpha value is -1.71. The van der Waals surface area contributed by atoms with E-state index in [4.69, 9.17) is 4.74 Å². The number of ether oxygens (including phenoxy) is 1. The number of hydrogen-bond acceptors (Lipinski definition) is 2. The molecule has 2 amide bonds. The third-order valence-corrected chi connectivity index (χ3v) is 3.14. The number of benzene rings is 1. The van der Waals surface area contributed by atoms with E-state index in [1.165, 1.54) is 32.1 Å². The topological polar surface area (TPSA) is 50.4 Å². The first-order chi connectivity index (χ1) is 9.76. The molecule has 4 heteroatoms. The van der Waals surface area contributed by atoms with Crippen LogP contribution in [-0.2, 0) is 0 Å². The summed E-state index contributed by atoms with van der Waals surface area (Å²) in [5, 5.41) is 5.67. The number of rotatable bonds is 9. The van der Waals surface area contributed by atoms with Crippen LogP contribution in [0.4, 0.5) is 10.5 Å². The fourth-order valence-electron chi connectivity index (χ4n) is 1.98. The standard InChI is InChI=1S/C16H26N2O2/c1-3-4-5-6-7-8-12-17-16(19)18-14-10-9-11-15(13-14)20-2/h9-11,13H,3-8,12H2,1-2H3,(H2,17,18,19). The van der Waals surface area contributed by atoms with E-state index in [1.807, 2.05) is 18.2 Å². The van der Waals surface area contributed by atoms with E-state index in [2.05, 4.69) is 17.6 Å². The maximum Gasteiger partial charge on any atom is 0.319 e. The molecule has 20 heavy (non-hydrogen) atoms. The minimum atomic E-state index is -0.160. The van der Waals surface area contributed by atoms with Gasteiger partial charge in [-0.25, -0.2) is 4.79 Å². The van der Waals surface area contributed by atoms with Gasteiger partial charge in [0.05, 0.1) is 7.11 Å². The Kier molecular flexibility index (Phi) is 8.27. The molecular formula is C16H26N2O2. The molecule has 2 N–H and O–H groups in total. The number of hydrogen-bond donors (Lipinski definition) is 2. The van der Waals surface area contributed by atoms with Gasteiger partial charge in [0.25, 0.3) is 0 Å². The van der Waals surface area contributed by atoms with Gasteiger partial charge in [-0.2, -0.15) is 0 Å². The smallest absolute Gasteiger partial charge is 0.319 e. The van der Waals surface area contributed by atoms with Gasteiger partial charge in [0.2, 0.25) is 0 Å². The molecule has 1 aromatic rings. The van der Waals surface area contributed by atoms with Crippen molar-refractivity contribution >= 4 is 11.7 Å². The van der Waals surface area contributed by atoms with E-state index in [9.17, 15) is 4.79 Å². The van der Waals surface area contributed by atoms with Crippen LogP contribution in [0.5, 0.6) is 5.75 Å². The number of carbonyl (C=O) groups is 1. The number of amides is 2. The van der Waals surface area contributed by atoms with Gasteiger partial charge in [0.1, 0.15) is 5.75 Å². The van der Waals surface area contributed by atoms with Crippen molar-refractivity contribution in [1.29, 1.82) is 0 Å². The second kappa shape index (κ2) is 10.1. The van der Waals surface area contributed by atoms with Crippen LogP contribution in [-0.4, -0.2) is 19.7 Å². The van der Waals surface area contributed by atoms with Crippen molar-refractivity contribution in [3.05, 3.63) is 24.3 Å². The predicted molar refractivity (Wildman–Crippen MR) is 83.4 cm³/mol. The van der Waals surface area contributed by atoms with Crippen LogP contribution in [0, 0.1) is 0 Å². The molecule has 0 aromatic heterocycles. The van der Waals surface area contributed by atoms with Crippen molar-refractivity contribution in [3.63, 3.8) is 0 Å². The first-order valence-electron chi connectivity index (χ1n) is 7.45. The maximum atomic E-state index is 11.7. The van der Waals surface area contributed by atoms with Crippen molar-refractivity contribution in [2.24, 2.45) is 0 Å². The van der Waals surface area contributed by atoms with Crippen LogP contribution in [0.15, 0.2) is 24.3 Å². The van der Waals surface area contributed by atoms with E-state index in [1.54, 1.807) is 13.2 Å². The second-order valence-electron chi connectivity index (χ2n) is 4.88. The van der Waals surface area contributed by atoms with Crippen molar-refractivity contribution < 1.29 is 9.53 Å². The summed E-state index contributed by atoms with van der Waals surface area (Å²) in [6, 6.07) is 7.17. The van der Waals surface area contributed by atoms with E-state index < -0.39 is 0 Å². The van der Waals surface area contributed by atoms with E-state index >= 15 is 0 Å². The van der Waals surface area contributed by atoms with Gasteiger partial charge in [-0.15, -0.1) is 0 Å². The number of unbranched alkanes of at least 4 members (excludes halogenated alkanes) is 5. The Morgan fingerprint density at radius 1 is 1.15 bits per heavy atom. The van der Waals surface area contributed by atoms with Gasteiger partial charge in [-0.3, -0.25) is 0 Å². The highest BCUT2D eigenvalue weighted by molar-refractivity contribution is 5.89. The molecule has 0 atom stereocenters. The second-order valence-corrected chi connectivity index (χ2v) is 4.88. The van der Waals surface area contributed by atoms with Crippen LogP contribution < -0.4 is 15.4 Å². The van der Waals surface area contributed by atoms with Gasteiger partial charge in [0, 0.05) is 18.3 Å². The Bertz CT molecular complexity index is 394. The van der Waals surface area contributed by atoms with Crippen LogP contribution in [0.1, 0.15) is 45.4 Å². The lowest BCUT2D eigenvalue weighted by molar-refractivity contribution is 0.252. The van der Waals surface area contributed by atoms with E-state index in [0.717, 1.165) is 24.4 Å². The molecule has 0 aliphatic heterocycles. The van der Waals surface area contributed by atoms with Crippen molar-refractivity contribution in [3.8, 4) is 5.75 Å². The molecule has 0 aliphatic carbocycles. The molecule has 0 unspecified atom stereocenters. The summed E-state index contributed by atoms with van der Waals surface area (Å²) in [5.74, 6) is 0.735. The largest absolute Gasteiger partial charge is 0.497 e. The Balaban J connectivity index is 2.13. The first-order valence-corrected chi connectivity index (χ1v) is 7.45. The molecule has 1 rings (SSSR count). The molecule has 112 valence electrons. The number of methoxy groups -OCH3 is 1. The van der Waals surface area contributed by atoms with Crippen LogP contribution in [0.2, 0.25) is 0 Å². The molecule has 0 aliphatic rings. The molecule has 0 fully saturated rings. The molecular weight excluding hydrogens is 252 g/mol. The summed E-state index contributed by atoms with van der Waals surface area (Å²) in [4.78, 5) is 11.7. The molecule has 4 nitrogen and oxygen atoms in total. The summed E-state index contributed by atoms with van der Waals surface area (Å²) >= 11 is 0. The highest BCUT2D eigenvalue weighted by Crippen LogP contribution is 2.16. The summed E-state index contributed by atoms with van der Waals surface area (Å²) < 4.78 is 5.11. The first kappa shape index (κ1) is 16.3. The third kappa shape index (κ3) is 7.02. The summed E-state index contributed by atoms with van der Waals surface area (Å²) in [6.45, 7) is 2.94. The summed E-state index contributed by atoms with van der Waals surface area (Å²) in [5.41, 5.74) is 0.741. The van der Waals surface area contributed by atoms with Gasteiger partial charge < -0.3 is 15.4 Å². The maximum absolute atomic E-state index is 11.7. The fourth-order valence-corrected chi connectivity index (χ4v) is 1.98. The molecule has 0 saturated carbocycles. The van der Waals surface area contributed by atoms with E-state index in [0.29, 0.717) is 0 Å². The molecule has 0 bridgehead atoms. The van der Waals surface area contributed by atoms with Crippen LogP contribution in [0.25, 0.3) is 0 Å². The van der Waals surface area contributed by atoms with Gasteiger partial charge >= 0.3 is 6.03 Å². The van der Waals surface area contributed by atoms with E-state index in [-0.39, 0.29) is 6.03 Å². The minimum absolute atomic E-state index is 0.160. The Labute approximate surface area is 121 Å². The Morgan fingerprint density at radius 3 is 2.65 bits per heavy atom. The highest BCUT2D eigenvalue weighted by atomic mass is 16.5. The number of nitrogens with one attached hydrogen (secondary N) is 2. The van der Waals surface area contributed by atoms with Crippen molar-refractivity contribution in [2.45, 2.75) is 45.4 Å². The zero-order valence-electron chi connectivity index (χ0n) is 12.6. The number of urea groups is 1. The highest BCUT2D eigenvalue weighted by Gasteiger charge is 2.01. The van der Waals surface area contributed by atoms with Gasteiger partial charge in [-0.05, 0) is 18.6 Å². The lowest BCUT2D eigenvalue weighted by Crippen LogP contribution is -2.29. The van der Waals surface area contributed by atoms with Gasteiger partial charge in [0.15, 0.2) is 0 Å². The SMILES string of the molecule is CCCCCCCCNC(=O)Nc1cccc(OC)c1. The number of carbonyl (C=O) groups excluding carboxylic acids is 1. The molecule has 0 radical (unpaired) electrons. The third-order valence-electron chi connectivity index (χ3n) is 3.14. The molecule has 0 spiro atoms. The fraction of sp³-hybridized carbons (Fsp3) is 0.562. The predicted octanol–water partition coefficient (Wildman–Crippen LogP) is 4.18. The minimum Gasteiger partial charge on any atom is -0.497 e. The molecule has 1 aromatic carbocycles. The quantitative estimate of drug-likeness (QED) is 0.666. The number of anilines is 1. The molecule has 0 heterocycles. The van der Waals surface area contributed by atoms with Gasteiger partial charge in [-0.1, -0.05) is 45.1 Å². The average molecular weight is 278 g/mol.